The van der Waals surface area contributed by atoms with E-state index in [1.54, 1.807) is 11.4 Å². The Kier molecular flexibility index (Phi) is 3.37. The molecular weight excluding hydrogens is 269 g/mol. The van der Waals surface area contributed by atoms with Crippen molar-refractivity contribution in [1.82, 2.24) is 0 Å². The van der Waals surface area contributed by atoms with Crippen molar-refractivity contribution >= 4 is 27.3 Å². The molecule has 1 N–H and O–H groups in total. The lowest BCUT2D eigenvalue weighted by Gasteiger charge is -2.13. The van der Waals surface area contributed by atoms with E-state index in [0.29, 0.717) is 9.35 Å². The van der Waals surface area contributed by atoms with Gasteiger partial charge in [0.25, 0.3) is 0 Å². The van der Waals surface area contributed by atoms with E-state index in [1.807, 2.05) is 0 Å². The average Bonchev–Trinajstić information content (AvgIpc) is 2.34. The molecular formula is C7H6BrF3OS. The molecule has 1 heterocycles. The average molecular weight is 275 g/mol. The maximum absolute atomic E-state index is 11.9. The topological polar surface area (TPSA) is 20.2 Å². The van der Waals surface area contributed by atoms with Crippen LogP contribution in [-0.2, 0) is 6.42 Å². The Bertz CT molecular complexity index is 284. The van der Waals surface area contributed by atoms with Crippen LogP contribution in [0.4, 0.5) is 13.2 Å². The fourth-order valence-corrected chi connectivity index (χ4v) is 2.31. The largest absolute Gasteiger partial charge is 0.414 e. The zero-order chi connectivity index (χ0) is 10.1. The van der Waals surface area contributed by atoms with E-state index in [-0.39, 0.29) is 6.42 Å². The van der Waals surface area contributed by atoms with E-state index in [2.05, 4.69) is 15.9 Å². The van der Waals surface area contributed by atoms with Gasteiger partial charge in [-0.05, 0) is 27.4 Å². The summed E-state index contributed by atoms with van der Waals surface area (Å²) < 4.78 is 36.3. The van der Waals surface area contributed by atoms with Gasteiger partial charge in [0, 0.05) is 15.8 Å². The van der Waals surface area contributed by atoms with Gasteiger partial charge in [-0.15, -0.1) is 11.3 Å². The van der Waals surface area contributed by atoms with Crippen LogP contribution in [0, 0.1) is 0 Å². The van der Waals surface area contributed by atoms with Gasteiger partial charge in [0.15, 0.2) is 6.10 Å². The standard InChI is InChI=1S/C7H6BrF3OS/c8-4-1-2-13-5(4)3-6(12)7(9,10)11/h1-2,6,12H,3H2. The summed E-state index contributed by atoms with van der Waals surface area (Å²) in [6, 6.07) is 1.66. The number of thiophene rings is 1. The van der Waals surface area contributed by atoms with Crippen LogP contribution in [0.3, 0.4) is 0 Å². The van der Waals surface area contributed by atoms with Crippen LogP contribution in [0.1, 0.15) is 4.88 Å². The number of aliphatic hydroxyl groups is 1. The fourth-order valence-electron chi connectivity index (χ4n) is 0.762. The summed E-state index contributed by atoms with van der Waals surface area (Å²) in [7, 11) is 0. The molecule has 0 spiro atoms. The quantitative estimate of drug-likeness (QED) is 0.879. The Morgan fingerprint density at radius 1 is 1.54 bits per heavy atom. The van der Waals surface area contributed by atoms with Gasteiger partial charge >= 0.3 is 6.18 Å². The van der Waals surface area contributed by atoms with Crippen LogP contribution in [0.2, 0.25) is 0 Å². The zero-order valence-electron chi connectivity index (χ0n) is 6.31. The molecule has 74 valence electrons. The van der Waals surface area contributed by atoms with Crippen molar-refractivity contribution in [2.45, 2.75) is 18.7 Å². The van der Waals surface area contributed by atoms with Crippen LogP contribution in [0.15, 0.2) is 15.9 Å². The second kappa shape index (κ2) is 3.98. The van der Waals surface area contributed by atoms with E-state index < -0.39 is 12.3 Å². The Morgan fingerprint density at radius 2 is 2.15 bits per heavy atom. The highest BCUT2D eigenvalue weighted by Gasteiger charge is 2.38. The summed E-state index contributed by atoms with van der Waals surface area (Å²) in [5, 5.41) is 10.4. The first kappa shape index (κ1) is 11.0. The number of hydrogen-bond donors (Lipinski definition) is 1. The van der Waals surface area contributed by atoms with Crippen LogP contribution < -0.4 is 0 Å². The van der Waals surface area contributed by atoms with Gasteiger partial charge in [0.2, 0.25) is 0 Å². The SMILES string of the molecule is OC(Cc1sccc1Br)C(F)(F)F. The molecule has 0 fully saturated rings. The van der Waals surface area contributed by atoms with Gasteiger partial charge in [-0.2, -0.15) is 13.2 Å². The lowest BCUT2D eigenvalue weighted by atomic mass is 10.2. The third kappa shape index (κ3) is 2.96. The van der Waals surface area contributed by atoms with Crippen molar-refractivity contribution in [3.05, 3.63) is 20.8 Å². The first-order valence-corrected chi connectivity index (χ1v) is 5.05. The summed E-state index contributed by atoms with van der Waals surface area (Å²) in [5.41, 5.74) is 0. The molecule has 0 aliphatic rings. The molecule has 1 aromatic rings. The predicted molar refractivity (Wildman–Crippen MR) is 47.8 cm³/mol. The Morgan fingerprint density at radius 3 is 2.54 bits per heavy atom. The molecule has 0 aliphatic carbocycles. The number of hydrogen-bond acceptors (Lipinski definition) is 2. The molecule has 0 amide bonds. The van der Waals surface area contributed by atoms with Crippen molar-refractivity contribution in [1.29, 1.82) is 0 Å². The minimum Gasteiger partial charge on any atom is -0.383 e. The van der Waals surface area contributed by atoms with E-state index in [9.17, 15) is 13.2 Å². The highest BCUT2D eigenvalue weighted by molar-refractivity contribution is 9.10. The maximum Gasteiger partial charge on any atom is 0.414 e. The summed E-state index contributed by atoms with van der Waals surface area (Å²) in [5.74, 6) is 0. The molecule has 0 saturated carbocycles. The molecule has 0 aliphatic heterocycles. The molecule has 0 radical (unpaired) electrons. The molecule has 1 aromatic heterocycles. The van der Waals surface area contributed by atoms with Crippen molar-refractivity contribution in [2.75, 3.05) is 0 Å². The van der Waals surface area contributed by atoms with E-state index >= 15 is 0 Å². The summed E-state index contributed by atoms with van der Waals surface area (Å²) >= 11 is 4.28. The molecule has 1 atom stereocenters. The van der Waals surface area contributed by atoms with Crippen LogP contribution in [0.5, 0.6) is 0 Å². The molecule has 6 heteroatoms. The van der Waals surface area contributed by atoms with Gasteiger partial charge in [0.1, 0.15) is 0 Å². The molecule has 0 saturated heterocycles. The highest BCUT2D eigenvalue weighted by atomic mass is 79.9. The summed E-state index contributed by atoms with van der Waals surface area (Å²) in [6.45, 7) is 0. The minimum atomic E-state index is -4.54. The van der Waals surface area contributed by atoms with Crippen LogP contribution in [-0.4, -0.2) is 17.4 Å². The summed E-state index contributed by atoms with van der Waals surface area (Å²) in [4.78, 5) is 0.504. The third-order valence-corrected chi connectivity index (χ3v) is 3.40. The Balaban J connectivity index is 2.65. The number of alkyl halides is 3. The second-order valence-corrected chi connectivity index (χ2v) is 4.31. The van der Waals surface area contributed by atoms with Crippen molar-refractivity contribution in [3.63, 3.8) is 0 Å². The van der Waals surface area contributed by atoms with Crippen LogP contribution >= 0.6 is 27.3 Å². The van der Waals surface area contributed by atoms with Crippen molar-refractivity contribution in [3.8, 4) is 0 Å². The smallest absolute Gasteiger partial charge is 0.383 e. The highest BCUT2D eigenvalue weighted by Crippen LogP contribution is 2.29. The Labute approximate surface area is 85.3 Å². The summed E-state index contributed by atoms with van der Waals surface area (Å²) in [6.07, 6.45) is -7.20. The fraction of sp³-hybridized carbons (Fsp3) is 0.429. The van der Waals surface area contributed by atoms with E-state index in [4.69, 9.17) is 5.11 Å². The van der Waals surface area contributed by atoms with Gasteiger partial charge in [-0.3, -0.25) is 0 Å². The minimum absolute atomic E-state index is 0.387. The molecule has 0 bridgehead atoms. The van der Waals surface area contributed by atoms with Gasteiger partial charge < -0.3 is 5.11 Å². The monoisotopic (exact) mass is 274 g/mol. The third-order valence-electron chi connectivity index (χ3n) is 1.45. The molecule has 0 aromatic carbocycles. The van der Waals surface area contributed by atoms with Gasteiger partial charge in [-0.1, -0.05) is 0 Å². The first-order valence-electron chi connectivity index (χ1n) is 3.38. The van der Waals surface area contributed by atoms with E-state index in [1.165, 1.54) is 11.3 Å². The van der Waals surface area contributed by atoms with Crippen molar-refractivity contribution in [2.24, 2.45) is 0 Å². The second-order valence-electron chi connectivity index (χ2n) is 2.45. The maximum atomic E-state index is 11.9. The molecule has 1 unspecified atom stereocenters. The lowest BCUT2D eigenvalue weighted by Crippen LogP contribution is -2.30. The molecule has 13 heavy (non-hydrogen) atoms. The van der Waals surface area contributed by atoms with Crippen molar-refractivity contribution < 1.29 is 18.3 Å². The van der Waals surface area contributed by atoms with Gasteiger partial charge in [-0.25, -0.2) is 0 Å². The number of aliphatic hydroxyl groups excluding tert-OH is 1. The molecule has 1 nitrogen and oxygen atoms in total. The van der Waals surface area contributed by atoms with E-state index in [0.717, 1.165) is 0 Å². The molecule has 1 rings (SSSR count). The predicted octanol–water partition coefficient (Wildman–Crippen LogP) is 2.98. The first-order chi connectivity index (χ1) is 5.91. The van der Waals surface area contributed by atoms with Gasteiger partial charge in [0.05, 0.1) is 0 Å². The number of rotatable bonds is 2. The Hall–Kier alpha value is -0.0700. The lowest BCUT2D eigenvalue weighted by molar-refractivity contribution is -0.202. The number of halogens is 4. The normalized spacial score (nSPS) is 14.5. The zero-order valence-corrected chi connectivity index (χ0v) is 8.71. The van der Waals surface area contributed by atoms with Crippen LogP contribution in [0.25, 0.3) is 0 Å².